The quantitative estimate of drug-likeness (QED) is 0.792. The van der Waals surface area contributed by atoms with Gasteiger partial charge in [-0.2, -0.15) is 0 Å². The predicted octanol–water partition coefficient (Wildman–Crippen LogP) is 0.356. The second-order valence-corrected chi connectivity index (χ2v) is 5.02. The summed E-state index contributed by atoms with van der Waals surface area (Å²) in [5.41, 5.74) is 6.52. The van der Waals surface area contributed by atoms with Crippen molar-refractivity contribution >= 4 is 0 Å². The van der Waals surface area contributed by atoms with Gasteiger partial charge in [-0.25, -0.2) is 4.98 Å². The number of hydrogen-bond acceptors (Lipinski definition) is 5. The molecule has 2 heterocycles. The zero-order valence-electron chi connectivity index (χ0n) is 11.3. The van der Waals surface area contributed by atoms with Crippen LogP contribution in [0, 0.1) is 0 Å². The topological polar surface area (TPSA) is 58.5 Å². The van der Waals surface area contributed by atoms with Crippen molar-refractivity contribution in [3.8, 4) is 0 Å². The van der Waals surface area contributed by atoms with Crippen molar-refractivity contribution in [1.82, 2.24) is 14.8 Å². The van der Waals surface area contributed by atoms with Crippen LogP contribution in [0.1, 0.15) is 18.0 Å². The summed E-state index contributed by atoms with van der Waals surface area (Å²) in [5, 5.41) is 0. The third-order valence-electron chi connectivity index (χ3n) is 3.47. The Labute approximate surface area is 109 Å². The molecule has 2 rings (SSSR count). The van der Waals surface area contributed by atoms with E-state index in [1.54, 1.807) is 6.26 Å². The Balaban J connectivity index is 1.71. The van der Waals surface area contributed by atoms with E-state index >= 15 is 0 Å². The average molecular weight is 252 g/mol. The van der Waals surface area contributed by atoms with Crippen molar-refractivity contribution in [2.75, 3.05) is 46.3 Å². The molecular weight excluding hydrogens is 228 g/mol. The van der Waals surface area contributed by atoms with E-state index in [1.807, 2.05) is 0 Å². The largest absolute Gasteiger partial charge is 0.449 e. The molecule has 1 aromatic rings. The molecule has 1 aliphatic rings. The molecule has 102 valence electrons. The first-order valence-corrected chi connectivity index (χ1v) is 6.82. The van der Waals surface area contributed by atoms with Crippen molar-refractivity contribution in [2.24, 2.45) is 5.73 Å². The van der Waals surface area contributed by atoms with Crippen LogP contribution >= 0.6 is 0 Å². The summed E-state index contributed by atoms with van der Waals surface area (Å²) < 4.78 is 5.48. The van der Waals surface area contributed by atoms with Gasteiger partial charge in [0, 0.05) is 39.1 Å². The van der Waals surface area contributed by atoms with Gasteiger partial charge in [-0.15, -0.1) is 0 Å². The van der Waals surface area contributed by atoms with Crippen molar-refractivity contribution in [2.45, 2.75) is 19.3 Å². The van der Waals surface area contributed by atoms with E-state index in [4.69, 9.17) is 10.2 Å². The second-order valence-electron chi connectivity index (χ2n) is 5.02. The summed E-state index contributed by atoms with van der Waals surface area (Å²) in [6.07, 6.45) is 4.58. The van der Waals surface area contributed by atoms with Gasteiger partial charge in [0.2, 0.25) is 0 Å². The van der Waals surface area contributed by atoms with E-state index in [2.05, 4.69) is 21.8 Å². The summed E-state index contributed by atoms with van der Waals surface area (Å²) >= 11 is 0. The van der Waals surface area contributed by atoms with E-state index < -0.39 is 0 Å². The molecule has 2 N–H and O–H groups in total. The van der Waals surface area contributed by atoms with E-state index in [0.29, 0.717) is 6.54 Å². The second kappa shape index (κ2) is 6.87. The Hall–Kier alpha value is -0.910. The molecule has 5 nitrogen and oxygen atoms in total. The van der Waals surface area contributed by atoms with E-state index in [9.17, 15) is 0 Å². The minimum absolute atomic E-state index is 0.712. The first-order valence-electron chi connectivity index (χ1n) is 6.82. The summed E-state index contributed by atoms with van der Waals surface area (Å²) in [6.45, 7) is 6.38. The van der Waals surface area contributed by atoms with Crippen LogP contribution in [0.3, 0.4) is 0 Å². The lowest BCUT2D eigenvalue weighted by molar-refractivity contribution is 0.153. The third kappa shape index (κ3) is 4.08. The molecular formula is C13H24N4O. The van der Waals surface area contributed by atoms with Gasteiger partial charge < -0.3 is 20.0 Å². The molecule has 0 radical (unpaired) electrons. The molecule has 1 aliphatic heterocycles. The Morgan fingerprint density at radius 1 is 1.28 bits per heavy atom. The molecule has 0 spiro atoms. The van der Waals surface area contributed by atoms with Gasteiger partial charge in [-0.3, -0.25) is 0 Å². The number of likely N-dealkylation sites (N-methyl/N-ethyl adjacent to an activating group) is 1. The lowest BCUT2D eigenvalue weighted by Gasteiger charge is -2.31. The highest BCUT2D eigenvalue weighted by Crippen LogP contribution is 2.07. The highest BCUT2D eigenvalue weighted by Gasteiger charge is 2.14. The van der Waals surface area contributed by atoms with Crippen LogP contribution in [-0.2, 0) is 12.8 Å². The smallest absolute Gasteiger partial charge is 0.195 e. The van der Waals surface area contributed by atoms with E-state index in [1.165, 1.54) is 0 Å². The molecule has 0 bridgehead atoms. The summed E-state index contributed by atoms with van der Waals surface area (Å²) in [4.78, 5) is 9.33. The van der Waals surface area contributed by atoms with Gasteiger partial charge in [0.25, 0.3) is 0 Å². The number of piperazine rings is 1. The Morgan fingerprint density at radius 3 is 2.78 bits per heavy atom. The van der Waals surface area contributed by atoms with E-state index in [0.717, 1.165) is 63.6 Å². The number of aromatic nitrogens is 1. The minimum atomic E-state index is 0.712. The number of oxazole rings is 1. The Bertz CT molecular complexity index is 345. The molecule has 18 heavy (non-hydrogen) atoms. The average Bonchev–Trinajstić information content (AvgIpc) is 2.84. The van der Waals surface area contributed by atoms with Gasteiger partial charge in [-0.05, 0) is 26.4 Å². The van der Waals surface area contributed by atoms with Crippen LogP contribution in [0.4, 0.5) is 0 Å². The highest BCUT2D eigenvalue weighted by molar-refractivity contribution is 4.97. The van der Waals surface area contributed by atoms with Crippen molar-refractivity contribution in [1.29, 1.82) is 0 Å². The zero-order chi connectivity index (χ0) is 12.8. The lowest BCUT2D eigenvalue weighted by atomic mass is 10.2. The molecule has 5 heteroatoms. The normalized spacial score (nSPS) is 18.3. The fourth-order valence-electron chi connectivity index (χ4n) is 2.19. The van der Waals surface area contributed by atoms with Crippen LogP contribution in [0.15, 0.2) is 10.7 Å². The zero-order valence-corrected chi connectivity index (χ0v) is 11.3. The Kier molecular flexibility index (Phi) is 5.16. The van der Waals surface area contributed by atoms with Crippen LogP contribution in [-0.4, -0.2) is 61.1 Å². The molecule has 1 saturated heterocycles. The highest BCUT2D eigenvalue weighted by atomic mass is 16.3. The molecule has 0 aromatic carbocycles. The summed E-state index contributed by atoms with van der Waals surface area (Å²) in [6, 6.07) is 0. The van der Waals surface area contributed by atoms with Gasteiger partial charge >= 0.3 is 0 Å². The lowest BCUT2D eigenvalue weighted by Crippen LogP contribution is -2.45. The standard InChI is InChI=1S/C13H24N4O/c1-16-7-9-17(10-8-16)6-4-13-15-12(11-18-13)3-2-5-14/h11H,2-10,14H2,1H3. The monoisotopic (exact) mass is 252 g/mol. The van der Waals surface area contributed by atoms with Crippen molar-refractivity contribution < 1.29 is 4.42 Å². The molecule has 1 fully saturated rings. The van der Waals surface area contributed by atoms with E-state index in [-0.39, 0.29) is 0 Å². The number of nitrogens with two attached hydrogens (primary N) is 1. The molecule has 0 unspecified atom stereocenters. The van der Waals surface area contributed by atoms with Gasteiger partial charge in [0.15, 0.2) is 5.89 Å². The first kappa shape index (κ1) is 13.5. The van der Waals surface area contributed by atoms with Crippen LogP contribution < -0.4 is 5.73 Å². The predicted molar refractivity (Wildman–Crippen MR) is 71.5 cm³/mol. The third-order valence-corrected chi connectivity index (χ3v) is 3.47. The van der Waals surface area contributed by atoms with Crippen molar-refractivity contribution in [3.05, 3.63) is 17.8 Å². The number of rotatable bonds is 6. The minimum Gasteiger partial charge on any atom is -0.449 e. The summed E-state index contributed by atoms with van der Waals surface area (Å²) in [5.74, 6) is 0.862. The summed E-state index contributed by atoms with van der Waals surface area (Å²) in [7, 11) is 2.18. The maximum atomic E-state index is 5.48. The molecule has 1 aromatic heterocycles. The fraction of sp³-hybridized carbons (Fsp3) is 0.769. The molecule has 0 aliphatic carbocycles. The molecule has 0 atom stereocenters. The van der Waals surface area contributed by atoms with Gasteiger partial charge in [0.05, 0.1) is 5.69 Å². The molecule has 0 amide bonds. The maximum absolute atomic E-state index is 5.48. The van der Waals surface area contributed by atoms with Crippen LogP contribution in [0.25, 0.3) is 0 Å². The number of hydrogen-bond donors (Lipinski definition) is 1. The number of nitrogens with zero attached hydrogens (tertiary/aromatic N) is 3. The molecule has 0 saturated carbocycles. The number of aryl methyl sites for hydroxylation is 1. The Morgan fingerprint density at radius 2 is 2.06 bits per heavy atom. The first-order chi connectivity index (χ1) is 8.78. The SMILES string of the molecule is CN1CCN(CCc2nc(CCCN)co2)CC1. The van der Waals surface area contributed by atoms with Crippen LogP contribution in [0.5, 0.6) is 0 Å². The fourth-order valence-corrected chi connectivity index (χ4v) is 2.19. The maximum Gasteiger partial charge on any atom is 0.195 e. The van der Waals surface area contributed by atoms with Crippen LogP contribution in [0.2, 0.25) is 0 Å². The van der Waals surface area contributed by atoms with Crippen molar-refractivity contribution in [3.63, 3.8) is 0 Å². The van der Waals surface area contributed by atoms with Gasteiger partial charge in [0.1, 0.15) is 6.26 Å². The van der Waals surface area contributed by atoms with Gasteiger partial charge in [-0.1, -0.05) is 0 Å².